The van der Waals surface area contributed by atoms with Gasteiger partial charge in [-0.25, -0.2) is 10.2 Å². The van der Waals surface area contributed by atoms with Gasteiger partial charge < -0.3 is 9.15 Å². The molecule has 1 aromatic carbocycles. The Bertz CT molecular complexity index is 896. The second-order valence-corrected chi connectivity index (χ2v) is 5.90. The van der Waals surface area contributed by atoms with Gasteiger partial charge in [0.05, 0.1) is 23.8 Å². The van der Waals surface area contributed by atoms with Crippen molar-refractivity contribution in [3.8, 4) is 11.3 Å². The number of nitrogens with zero attached hydrogens (tertiary/aromatic N) is 1. The van der Waals surface area contributed by atoms with E-state index in [0.29, 0.717) is 22.0 Å². The molecule has 0 saturated carbocycles. The van der Waals surface area contributed by atoms with Crippen molar-refractivity contribution < 1.29 is 18.7 Å². The molecule has 0 aliphatic heterocycles. The van der Waals surface area contributed by atoms with E-state index >= 15 is 0 Å². The molecule has 0 spiro atoms. The van der Waals surface area contributed by atoms with Crippen molar-refractivity contribution >= 4 is 29.4 Å². The van der Waals surface area contributed by atoms with Crippen molar-refractivity contribution in [2.45, 2.75) is 0 Å². The van der Waals surface area contributed by atoms with Gasteiger partial charge in [-0.3, -0.25) is 4.79 Å². The number of hydrogen-bond acceptors (Lipinski definition) is 6. The Morgan fingerprint density at radius 1 is 1.16 bits per heavy atom. The van der Waals surface area contributed by atoms with E-state index in [1.54, 1.807) is 48.5 Å². The van der Waals surface area contributed by atoms with Crippen molar-refractivity contribution in [3.63, 3.8) is 0 Å². The number of carbonyl (C=O) groups is 2. The van der Waals surface area contributed by atoms with Crippen LogP contribution < -0.4 is 5.43 Å². The summed E-state index contributed by atoms with van der Waals surface area (Å²) in [5.74, 6) is 0.470. The molecule has 126 valence electrons. The molecular weight excluding hydrogens is 340 g/mol. The van der Waals surface area contributed by atoms with Gasteiger partial charge in [-0.05, 0) is 35.7 Å². The fraction of sp³-hybridized carbons (Fsp3) is 0.0556. The summed E-state index contributed by atoms with van der Waals surface area (Å²) in [4.78, 5) is 23.8. The predicted molar refractivity (Wildman–Crippen MR) is 94.9 cm³/mol. The van der Waals surface area contributed by atoms with E-state index in [0.717, 1.165) is 5.56 Å². The second kappa shape index (κ2) is 7.59. The van der Waals surface area contributed by atoms with E-state index in [1.165, 1.54) is 24.7 Å². The fourth-order valence-corrected chi connectivity index (χ4v) is 2.70. The first kappa shape index (κ1) is 16.7. The summed E-state index contributed by atoms with van der Waals surface area (Å²) < 4.78 is 10.3. The minimum Gasteiger partial charge on any atom is -0.465 e. The summed E-state index contributed by atoms with van der Waals surface area (Å²) in [7, 11) is 1.34. The quantitative estimate of drug-likeness (QED) is 0.431. The van der Waals surface area contributed by atoms with Gasteiger partial charge in [-0.2, -0.15) is 5.10 Å². The van der Waals surface area contributed by atoms with Crippen molar-refractivity contribution in [1.82, 2.24) is 5.43 Å². The number of hydrogen-bond donors (Lipinski definition) is 1. The predicted octanol–water partition coefficient (Wildman–Crippen LogP) is 3.56. The van der Waals surface area contributed by atoms with E-state index in [1.807, 2.05) is 5.38 Å². The van der Waals surface area contributed by atoms with Crippen LogP contribution in [0.5, 0.6) is 0 Å². The summed E-state index contributed by atoms with van der Waals surface area (Å²) in [5.41, 5.74) is 3.72. The van der Waals surface area contributed by atoms with Crippen molar-refractivity contribution in [2.75, 3.05) is 7.11 Å². The van der Waals surface area contributed by atoms with Crippen LogP contribution in [0.15, 0.2) is 63.4 Å². The number of furan rings is 1. The second-order valence-electron chi connectivity index (χ2n) is 4.95. The van der Waals surface area contributed by atoms with Gasteiger partial charge in [0.25, 0.3) is 5.91 Å². The topological polar surface area (TPSA) is 80.9 Å². The molecule has 6 nitrogen and oxygen atoms in total. The first-order valence-electron chi connectivity index (χ1n) is 7.33. The summed E-state index contributed by atoms with van der Waals surface area (Å²) in [6, 6.07) is 13.9. The molecule has 25 heavy (non-hydrogen) atoms. The molecular formula is C18H14N2O4S. The molecule has 1 amide bonds. The Morgan fingerprint density at radius 3 is 2.64 bits per heavy atom. The number of rotatable bonds is 5. The molecule has 0 fully saturated rings. The zero-order valence-electron chi connectivity index (χ0n) is 13.3. The van der Waals surface area contributed by atoms with E-state index in [4.69, 9.17) is 4.42 Å². The Balaban J connectivity index is 1.65. The van der Waals surface area contributed by atoms with Crippen LogP contribution >= 0.6 is 11.3 Å². The first-order valence-corrected chi connectivity index (χ1v) is 8.21. The zero-order chi connectivity index (χ0) is 17.6. The lowest BCUT2D eigenvalue weighted by atomic mass is 10.1. The van der Waals surface area contributed by atoms with Crippen LogP contribution in [0, 0.1) is 0 Å². The van der Waals surface area contributed by atoms with Crippen molar-refractivity contribution in [1.29, 1.82) is 0 Å². The number of ether oxygens (including phenoxy) is 1. The molecule has 0 aliphatic rings. The highest BCUT2D eigenvalue weighted by molar-refractivity contribution is 7.12. The molecule has 0 unspecified atom stereocenters. The normalized spacial score (nSPS) is 10.8. The van der Waals surface area contributed by atoms with Gasteiger partial charge in [0.15, 0.2) is 0 Å². The lowest BCUT2D eigenvalue weighted by Gasteiger charge is -2.00. The van der Waals surface area contributed by atoms with Crippen molar-refractivity contribution in [2.24, 2.45) is 5.10 Å². The number of amides is 1. The molecule has 0 aliphatic carbocycles. The van der Waals surface area contributed by atoms with Crippen LogP contribution in [0.2, 0.25) is 0 Å². The molecule has 0 radical (unpaired) electrons. The van der Waals surface area contributed by atoms with E-state index in [2.05, 4.69) is 15.3 Å². The number of hydrazone groups is 1. The van der Waals surface area contributed by atoms with E-state index in [-0.39, 0.29) is 11.9 Å². The molecule has 0 saturated heterocycles. The van der Waals surface area contributed by atoms with Crippen LogP contribution in [0.3, 0.4) is 0 Å². The third-order valence-electron chi connectivity index (χ3n) is 3.32. The number of carbonyl (C=O) groups excluding carboxylic acids is 2. The maximum atomic E-state index is 11.8. The van der Waals surface area contributed by atoms with Crippen LogP contribution in [-0.2, 0) is 4.74 Å². The van der Waals surface area contributed by atoms with Crippen LogP contribution in [0.25, 0.3) is 11.3 Å². The molecule has 1 N–H and O–H groups in total. The lowest BCUT2D eigenvalue weighted by molar-refractivity contribution is 0.0600. The Hall–Kier alpha value is -3.19. The molecule has 3 aromatic rings. The first-order chi connectivity index (χ1) is 12.2. The minimum atomic E-state index is -0.389. The summed E-state index contributed by atoms with van der Waals surface area (Å²) >= 11 is 1.34. The smallest absolute Gasteiger partial charge is 0.337 e. The largest absolute Gasteiger partial charge is 0.465 e. The monoisotopic (exact) mass is 354 g/mol. The number of thiophene rings is 1. The highest BCUT2D eigenvalue weighted by Gasteiger charge is 2.08. The van der Waals surface area contributed by atoms with Gasteiger partial charge in [0, 0.05) is 5.56 Å². The Kier molecular flexibility index (Phi) is 5.06. The van der Waals surface area contributed by atoms with E-state index in [9.17, 15) is 9.59 Å². The number of nitrogens with one attached hydrogen (secondary N) is 1. The maximum absolute atomic E-state index is 11.8. The average Bonchev–Trinajstić information content (AvgIpc) is 3.33. The number of methoxy groups -OCH3 is 1. The maximum Gasteiger partial charge on any atom is 0.337 e. The lowest BCUT2D eigenvalue weighted by Crippen LogP contribution is -2.15. The fourth-order valence-electron chi connectivity index (χ4n) is 2.08. The van der Waals surface area contributed by atoms with Crippen LogP contribution in [0.4, 0.5) is 0 Å². The van der Waals surface area contributed by atoms with Gasteiger partial charge in [-0.15, -0.1) is 11.3 Å². The molecule has 2 aromatic heterocycles. The minimum absolute atomic E-state index is 0.267. The summed E-state index contributed by atoms with van der Waals surface area (Å²) in [6.07, 6.45) is 1.43. The SMILES string of the molecule is COC(=O)c1ccc(-c2ccc(/C=N\NC(=O)c3cccs3)o2)cc1. The summed E-state index contributed by atoms with van der Waals surface area (Å²) in [5, 5.41) is 5.70. The molecule has 3 rings (SSSR count). The highest BCUT2D eigenvalue weighted by atomic mass is 32.1. The number of benzene rings is 1. The summed E-state index contributed by atoms with van der Waals surface area (Å²) in [6.45, 7) is 0. The standard InChI is InChI=1S/C18H14N2O4S/c1-23-18(22)13-6-4-12(5-7-13)15-9-8-14(24-15)11-19-20-17(21)16-3-2-10-25-16/h2-11H,1H3,(H,20,21)/b19-11-. The van der Waals surface area contributed by atoms with Gasteiger partial charge in [-0.1, -0.05) is 18.2 Å². The zero-order valence-corrected chi connectivity index (χ0v) is 14.1. The number of esters is 1. The Labute approximate surface area is 147 Å². The van der Waals surface area contributed by atoms with Crippen LogP contribution in [0.1, 0.15) is 25.8 Å². The third-order valence-corrected chi connectivity index (χ3v) is 4.19. The van der Waals surface area contributed by atoms with Gasteiger partial charge >= 0.3 is 5.97 Å². The Morgan fingerprint density at radius 2 is 1.96 bits per heavy atom. The van der Waals surface area contributed by atoms with Crippen molar-refractivity contribution in [3.05, 3.63) is 70.1 Å². The molecule has 0 atom stereocenters. The highest BCUT2D eigenvalue weighted by Crippen LogP contribution is 2.22. The molecule has 7 heteroatoms. The third kappa shape index (κ3) is 4.02. The molecule has 2 heterocycles. The van der Waals surface area contributed by atoms with Gasteiger partial charge in [0.2, 0.25) is 0 Å². The van der Waals surface area contributed by atoms with Gasteiger partial charge in [0.1, 0.15) is 11.5 Å². The average molecular weight is 354 g/mol. The van der Waals surface area contributed by atoms with E-state index < -0.39 is 0 Å². The molecule has 0 bridgehead atoms. The van der Waals surface area contributed by atoms with Crippen LogP contribution in [-0.4, -0.2) is 25.2 Å².